The van der Waals surface area contributed by atoms with Gasteiger partial charge in [-0.15, -0.1) is 0 Å². The fourth-order valence-corrected chi connectivity index (χ4v) is 3.38. The molecule has 2 N–H and O–H groups in total. The molecular formula is C15H18FNO2. The zero-order valence-corrected chi connectivity index (χ0v) is 10.7. The molecule has 3 unspecified atom stereocenters. The third-order valence-corrected chi connectivity index (χ3v) is 4.44. The molecule has 0 spiro atoms. The van der Waals surface area contributed by atoms with Crippen LogP contribution < -0.4 is 5.32 Å². The van der Waals surface area contributed by atoms with Gasteiger partial charge in [0.1, 0.15) is 5.82 Å². The second-order valence-corrected chi connectivity index (χ2v) is 5.57. The molecule has 4 heteroatoms. The molecule has 1 aromatic carbocycles. The Hall–Kier alpha value is -1.42. The van der Waals surface area contributed by atoms with Crippen LogP contribution in [0.25, 0.3) is 0 Å². The lowest BCUT2D eigenvalue weighted by Gasteiger charge is -2.13. The van der Waals surface area contributed by atoms with Crippen LogP contribution in [-0.4, -0.2) is 17.6 Å². The molecule has 2 aliphatic carbocycles. The van der Waals surface area contributed by atoms with Crippen LogP contribution in [0.4, 0.5) is 4.39 Å². The van der Waals surface area contributed by atoms with E-state index in [4.69, 9.17) is 0 Å². The molecule has 0 aliphatic heterocycles. The quantitative estimate of drug-likeness (QED) is 0.873. The van der Waals surface area contributed by atoms with Crippen molar-refractivity contribution in [3.63, 3.8) is 0 Å². The van der Waals surface area contributed by atoms with Crippen molar-refractivity contribution in [3.8, 4) is 0 Å². The molecule has 3 nitrogen and oxygen atoms in total. The average molecular weight is 263 g/mol. The predicted molar refractivity (Wildman–Crippen MR) is 68.7 cm³/mol. The SMILES string of the molecule is O=C(NCC(O)c1ccccc1F)C1C2CCCC21. The predicted octanol–water partition coefficient (Wildman–Crippen LogP) is 2.02. The maximum atomic E-state index is 13.5. The van der Waals surface area contributed by atoms with Crippen molar-refractivity contribution in [3.05, 3.63) is 35.6 Å². The van der Waals surface area contributed by atoms with Crippen LogP contribution in [0.3, 0.4) is 0 Å². The Morgan fingerprint density at radius 1 is 1.37 bits per heavy atom. The summed E-state index contributed by atoms with van der Waals surface area (Å²) < 4.78 is 13.5. The lowest BCUT2D eigenvalue weighted by Crippen LogP contribution is -2.31. The zero-order chi connectivity index (χ0) is 13.4. The summed E-state index contributed by atoms with van der Waals surface area (Å²) in [5.74, 6) is 0.843. The topological polar surface area (TPSA) is 49.3 Å². The molecule has 0 heterocycles. The molecule has 3 rings (SSSR count). The third kappa shape index (κ3) is 2.37. The van der Waals surface area contributed by atoms with Gasteiger partial charge in [-0.05, 0) is 30.7 Å². The van der Waals surface area contributed by atoms with E-state index < -0.39 is 11.9 Å². The van der Waals surface area contributed by atoms with Crippen molar-refractivity contribution >= 4 is 5.91 Å². The summed E-state index contributed by atoms with van der Waals surface area (Å²) in [5, 5.41) is 12.6. The molecule has 2 saturated carbocycles. The first-order valence-electron chi connectivity index (χ1n) is 6.88. The highest BCUT2D eigenvalue weighted by Gasteiger charge is 2.56. The van der Waals surface area contributed by atoms with Crippen molar-refractivity contribution in [2.45, 2.75) is 25.4 Å². The van der Waals surface area contributed by atoms with Crippen LogP contribution in [0.2, 0.25) is 0 Å². The van der Waals surface area contributed by atoms with E-state index in [-0.39, 0.29) is 23.9 Å². The highest BCUT2D eigenvalue weighted by Crippen LogP contribution is 2.57. The number of hydrogen-bond acceptors (Lipinski definition) is 2. The maximum absolute atomic E-state index is 13.5. The fraction of sp³-hybridized carbons (Fsp3) is 0.533. The van der Waals surface area contributed by atoms with Gasteiger partial charge in [0.25, 0.3) is 0 Å². The summed E-state index contributed by atoms with van der Waals surface area (Å²) in [4.78, 5) is 11.9. The van der Waals surface area contributed by atoms with Gasteiger partial charge in [0.2, 0.25) is 5.91 Å². The second kappa shape index (κ2) is 4.93. The Balaban J connectivity index is 1.52. The number of aliphatic hydroxyl groups is 1. The molecule has 1 aromatic rings. The maximum Gasteiger partial charge on any atom is 0.223 e. The van der Waals surface area contributed by atoms with Crippen molar-refractivity contribution in [2.75, 3.05) is 6.54 Å². The number of nitrogens with one attached hydrogen (secondary N) is 1. The van der Waals surface area contributed by atoms with Gasteiger partial charge in [0, 0.05) is 18.0 Å². The minimum absolute atomic E-state index is 0.0186. The Morgan fingerprint density at radius 2 is 2.05 bits per heavy atom. The Bertz CT molecular complexity index is 481. The molecule has 0 bridgehead atoms. The Morgan fingerprint density at radius 3 is 2.74 bits per heavy atom. The highest BCUT2D eigenvalue weighted by molar-refractivity contribution is 5.82. The number of rotatable bonds is 4. The minimum atomic E-state index is -0.983. The molecule has 0 radical (unpaired) electrons. The first-order chi connectivity index (χ1) is 9.18. The number of carbonyl (C=O) groups is 1. The monoisotopic (exact) mass is 263 g/mol. The number of hydrogen-bond donors (Lipinski definition) is 2. The summed E-state index contributed by atoms with van der Waals surface area (Å²) in [6.07, 6.45) is 2.55. The van der Waals surface area contributed by atoms with E-state index in [9.17, 15) is 14.3 Å². The lowest BCUT2D eigenvalue weighted by atomic mass is 10.1. The van der Waals surface area contributed by atoms with Gasteiger partial charge in [-0.1, -0.05) is 24.6 Å². The molecule has 102 valence electrons. The second-order valence-electron chi connectivity index (χ2n) is 5.57. The summed E-state index contributed by atoms with van der Waals surface area (Å²) in [5.41, 5.74) is 0.235. The Labute approximate surface area is 111 Å². The number of halogens is 1. The van der Waals surface area contributed by atoms with E-state index >= 15 is 0 Å². The molecule has 19 heavy (non-hydrogen) atoms. The highest BCUT2D eigenvalue weighted by atomic mass is 19.1. The van der Waals surface area contributed by atoms with Crippen molar-refractivity contribution in [1.82, 2.24) is 5.32 Å². The fourth-order valence-electron chi connectivity index (χ4n) is 3.38. The van der Waals surface area contributed by atoms with E-state index in [0.717, 1.165) is 12.8 Å². The summed E-state index contributed by atoms with van der Waals surface area (Å²) in [6, 6.07) is 6.11. The third-order valence-electron chi connectivity index (χ3n) is 4.44. The van der Waals surface area contributed by atoms with E-state index in [1.165, 1.54) is 18.6 Å². The number of carbonyl (C=O) groups excluding carboxylic acids is 1. The number of aliphatic hydroxyl groups excluding tert-OH is 1. The van der Waals surface area contributed by atoms with Gasteiger partial charge in [-0.25, -0.2) is 4.39 Å². The van der Waals surface area contributed by atoms with E-state index in [2.05, 4.69) is 5.32 Å². The van der Waals surface area contributed by atoms with Crippen molar-refractivity contribution in [2.24, 2.45) is 17.8 Å². The first-order valence-corrected chi connectivity index (χ1v) is 6.88. The lowest BCUT2D eigenvalue weighted by molar-refractivity contribution is -0.123. The largest absolute Gasteiger partial charge is 0.386 e. The van der Waals surface area contributed by atoms with Gasteiger partial charge >= 0.3 is 0 Å². The number of fused-ring (bicyclic) bond motifs is 1. The van der Waals surface area contributed by atoms with Crippen LogP contribution in [0, 0.1) is 23.6 Å². The van der Waals surface area contributed by atoms with Crippen LogP contribution in [-0.2, 0) is 4.79 Å². The zero-order valence-electron chi connectivity index (χ0n) is 10.7. The minimum Gasteiger partial charge on any atom is -0.386 e. The van der Waals surface area contributed by atoms with Gasteiger partial charge < -0.3 is 10.4 Å². The molecule has 0 aromatic heterocycles. The number of benzene rings is 1. The molecule has 3 atom stereocenters. The molecular weight excluding hydrogens is 245 g/mol. The molecule has 2 fully saturated rings. The van der Waals surface area contributed by atoms with Crippen molar-refractivity contribution in [1.29, 1.82) is 0 Å². The van der Waals surface area contributed by atoms with Crippen LogP contribution in [0.1, 0.15) is 30.9 Å². The van der Waals surface area contributed by atoms with Gasteiger partial charge in [0.05, 0.1) is 6.10 Å². The summed E-state index contributed by atoms with van der Waals surface area (Å²) in [6.45, 7) is 0.0791. The summed E-state index contributed by atoms with van der Waals surface area (Å²) in [7, 11) is 0. The van der Waals surface area contributed by atoms with E-state index in [1.807, 2.05) is 0 Å². The van der Waals surface area contributed by atoms with E-state index in [1.54, 1.807) is 12.1 Å². The smallest absolute Gasteiger partial charge is 0.223 e. The van der Waals surface area contributed by atoms with Crippen LogP contribution in [0.5, 0.6) is 0 Å². The number of amides is 1. The van der Waals surface area contributed by atoms with Gasteiger partial charge in [0.15, 0.2) is 0 Å². The molecule has 0 saturated heterocycles. The van der Waals surface area contributed by atoms with Crippen LogP contribution in [0.15, 0.2) is 24.3 Å². The van der Waals surface area contributed by atoms with Crippen molar-refractivity contribution < 1.29 is 14.3 Å². The molecule has 1 amide bonds. The van der Waals surface area contributed by atoms with Crippen LogP contribution >= 0.6 is 0 Å². The summed E-state index contributed by atoms with van der Waals surface area (Å²) >= 11 is 0. The van der Waals surface area contributed by atoms with E-state index in [0.29, 0.717) is 11.8 Å². The Kier molecular flexibility index (Phi) is 3.27. The molecule has 2 aliphatic rings. The van der Waals surface area contributed by atoms with Gasteiger partial charge in [-0.3, -0.25) is 4.79 Å². The first kappa shape index (κ1) is 12.6. The van der Waals surface area contributed by atoms with Gasteiger partial charge in [-0.2, -0.15) is 0 Å². The normalized spacial score (nSPS) is 29.7. The average Bonchev–Trinajstić information content (AvgIpc) is 2.89. The standard InChI is InChI=1S/C15H18FNO2/c16-12-7-2-1-4-11(12)13(18)8-17-15(19)14-9-5-3-6-10(9)14/h1-2,4,7,9-10,13-14,18H,3,5-6,8H2,(H,17,19).